The number of aliphatic hydroxyl groups excluding tert-OH is 1. The molecule has 7 heteroatoms. The fraction of sp³-hybridized carbons (Fsp3) is 0.400. The van der Waals surface area contributed by atoms with Crippen molar-refractivity contribution in [3.63, 3.8) is 0 Å². The van der Waals surface area contributed by atoms with Crippen molar-refractivity contribution < 1.29 is 5.11 Å². The van der Waals surface area contributed by atoms with E-state index in [0.717, 1.165) is 0 Å². The highest BCUT2D eigenvalue weighted by Gasteiger charge is 2.21. The van der Waals surface area contributed by atoms with E-state index in [4.69, 9.17) is 11.1 Å². The molecule has 0 rings (SSSR count). The van der Waals surface area contributed by atoms with Gasteiger partial charge in [0.2, 0.25) is 0 Å². The first-order valence-corrected chi connectivity index (χ1v) is 6.78. The molecule has 0 saturated carbocycles. The van der Waals surface area contributed by atoms with Gasteiger partial charge in [0.15, 0.2) is 0 Å². The van der Waals surface area contributed by atoms with Gasteiger partial charge in [-0.05, 0) is 45.4 Å². The summed E-state index contributed by atoms with van der Waals surface area (Å²) in [5, 5.41) is 20.5. The van der Waals surface area contributed by atoms with Gasteiger partial charge in [-0.2, -0.15) is 0 Å². The van der Waals surface area contributed by atoms with Crippen LogP contribution in [0.3, 0.4) is 0 Å². The highest BCUT2D eigenvalue weighted by Crippen LogP contribution is 2.19. The Morgan fingerprint density at radius 2 is 2.24 bits per heavy atom. The molecule has 0 amide bonds. The summed E-state index contributed by atoms with van der Waals surface area (Å²) in [7, 11) is 1.70. The van der Waals surface area contributed by atoms with E-state index in [2.05, 4.69) is 26.2 Å². The van der Waals surface area contributed by atoms with Crippen molar-refractivity contribution in [2.75, 3.05) is 13.6 Å². The minimum atomic E-state index is -0.985. The lowest BCUT2D eigenvalue weighted by Gasteiger charge is -2.16. The summed E-state index contributed by atoms with van der Waals surface area (Å²) in [6.07, 6.45) is 1.87. The Bertz CT molecular complexity index is 365. The van der Waals surface area contributed by atoms with Crippen LogP contribution in [0.2, 0.25) is 0 Å². The van der Waals surface area contributed by atoms with Crippen molar-refractivity contribution in [1.29, 1.82) is 5.41 Å². The van der Waals surface area contributed by atoms with E-state index >= 15 is 0 Å². The van der Waals surface area contributed by atoms with E-state index in [1.807, 2.05) is 29.5 Å². The standard InChI is InChI=1S/C10H16BrIN4O/c1-3-16-9(11)6(4-13)8(17)7(5-15-2)10(12)14/h4-5,8,14-15,17H,3,13H2,1-2H3/b6-4?,7-5-,14-10?,16-9?. The summed E-state index contributed by atoms with van der Waals surface area (Å²) in [5.41, 5.74) is 6.36. The van der Waals surface area contributed by atoms with Crippen LogP contribution in [0.1, 0.15) is 6.92 Å². The van der Waals surface area contributed by atoms with Crippen molar-refractivity contribution in [3.05, 3.63) is 23.5 Å². The third-order valence-corrected chi connectivity index (χ3v) is 3.19. The van der Waals surface area contributed by atoms with Crippen molar-refractivity contribution in [3.8, 4) is 0 Å². The van der Waals surface area contributed by atoms with Crippen molar-refractivity contribution >= 4 is 46.9 Å². The molecule has 0 saturated heterocycles. The average Bonchev–Trinajstić information content (AvgIpc) is 2.26. The zero-order valence-corrected chi connectivity index (χ0v) is 13.4. The van der Waals surface area contributed by atoms with Crippen molar-refractivity contribution in [1.82, 2.24) is 5.32 Å². The lowest BCUT2D eigenvalue weighted by Crippen LogP contribution is -2.23. The number of hydrogen-bond acceptors (Lipinski definition) is 5. The highest BCUT2D eigenvalue weighted by molar-refractivity contribution is 14.1. The van der Waals surface area contributed by atoms with Crippen LogP contribution in [0.15, 0.2) is 28.5 Å². The van der Waals surface area contributed by atoms with E-state index in [1.165, 1.54) is 6.20 Å². The molecule has 0 radical (unpaired) electrons. The Morgan fingerprint density at radius 3 is 2.59 bits per heavy atom. The fourth-order valence-corrected chi connectivity index (χ4v) is 2.14. The number of hydrogen-bond donors (Lipinski definition) is 4. The number of nitrogens with two attached hydrogens (primary N) is 1. The predicted molar refractivity (Wildman–Crippen MR) is 84.1 cm³/mol. The first-order valence-electron chi connectivity index (χ1n) is 4.91. The second-order valence-electron chi connectivity index (χ2n) is 2.99. The van der Waals surface area contributed by atoms with Crippen molar-refractivity contribution in [2.24, 2.45) is 10.7 Å². The number of rotatable bonds is 6. The van der Waals surface area contributed by atoms with Crippen LogP contribution in [0, 0.1) is 5.41 Å². The van der Waals surface area contributed by atoms with E-state index in [1.54, 1.807) is 13.2 Å². The second kappa shape index (κ2) is 8.65. The number of nitrogens with one attached hydrogen (secondary N) is 2. The molecule has 5 N–H and O–H groups in total. The average molecular weight is 415 g/mol. The fourth-order valence-electron chi connectivity index (χ4n) is 1.09. The van der Waals surface area contributed by atoms with Crippen LogP contribution in [0.5, 0.6) is 0 Å². The normalized spacial score (nSPS) is 15.7. The Hall–Kier alpha value is -0.410. The summed E-state index contributed by atoms with van der Waals surface area (Å²) in [6, 6.07) is 0. The zero-order chi connectivity index (χ0) is 13.4. The van der Waals surface area contributed by atoms with Gasteiger partial charge in [0.05, 0.1) is 3.72 Å². The lowest BCUT2D eigenvalue weighted by atomic mass is 10.0. The van der Waals surface area contributed by atoms with Gasteiger partial charge in [-0.3, -0.25) is 10.4 Å². The van der Waals surface area contributed by atoms with Crippen molar-refractivity contribution in [2.45, 2.75) is 13.0 Å². The molecule has 96 valence electrons. The van der Waals surface area contributed by atoms with Gasteiger partial charge in [-0.1, -0.05) is 0 Å². The van der Waals surface area contributed by atoms with Gasteiger partial charge in [-0.25, -0.2) is 0 Å². The van der Waals surface area contributed by atoms with E-state index < -0.39 is 6.10 Å². The van der Waals surface area contributed by atoms with E-state index in [0.29, 0.717) is 22.3 Å². The van der Waals surface area contributed by atoms with Gasteiger partial charge in [0.1, 0.15) is 10.7 Å². The summed E-state index contributed by atoms with van der Waals surface area (Å²) in [4.78, 5) is 4.12. The Balaban J connectivity index is 5.24. The SMILES string of the molecule is CCN=C(Br)C(=CN)C(O)/C(=C/NC)C(=N)I. The molecule has 0 aliphatic rings. The molecule has 0 bridgehead atoms. The number of aliphatic hydroxyl groups is 1. The maximum absolute atomic E-state index is 10.2. The molecule has 0 heterocycles. The third kappa shape index (κ3) is 5.17. The minimum absolute atomic E-state index is 0.237. The molecule has 1 atom stereocenters. The topological polar surface area (TPSA) is 94.5 Å². The van der Waals surface area contributed by atoms with Gasteiger partial charge in [0.25, 0.3) is 0 Å². The van der Waals surface area contributed by atoms with E-state index in [9.17, 15) is 5.11 Å². The molecular weight excluding hydrogens is 399 g/mol. The number of nitrogens with zero attached hydrogens (tertiary/aromatic N) is 1. The number of aliphatic imine (C=N–C) groups is 1. The molecule has 5 nitrogen and oxygen atoms in total. The molecule has 1 unspecified atom stereocenters. The lowest BCUT2D eigenvalue weighted by molar-refractivity contribution is 0.259. The van der Waals surface area contributed by atoms with Gasteiger partial charge in [0, 0.05) is 37.1 Å². The maximum atomic E-state index is 10.2. The summed E-state index contributed by atoms with van der Waals surface area (Å²) in [6.45, 7) is 2.46. The second-order valence-corrected chi connectivity index (χ2v) is 4.82. The van der Waals surface area contributed by atoms with Crippen LogP contribution >= 0.6 is 38.5 Å². The smallest absolute Gasteiger partial charge is 0.112 e. The zero-order valence-electron chi connectivity index (χ0n) is 9.67. The molecule has 0 aliphatic carbocycles. The Kier molecular flexibility index (Phi) is 8.44. The molecular formula is C10H16BrIN4O. The van der Waals surface area contributed by atoms with Gasteiger partial charge >= 0.3 is 0 Å². The summed E-state index contributed by atoms with van der Waals surface area (Å²) >= 11 is 5.08. The molecule has 0 aromatic heterocycles. The summed E-state index contributed by atoms with van der Waals surface area (Å²) < 4.78 is 0.732. The minimum Gasteiger partial charge on any atom is -0.404 e. The molecule has 0 spiro atoms. The highest BCUT2D eigenvalue weighted by atomic mass is 127. The van der Waals surface area contributed by atoms with Crippen LogP contribution in [0.25, 0.3) is 0 Å². The largest absolute Gasteiger partial charge is 0.404 e. The quantitative estimate of drug-likeness (QED) is 0.392. The third-order valence-electron chi connectivity index (χ3n) is 1.86. The predicted octanol–water partition coefficient (Wildman–Crippen LogP) is 1.52. The Morgan fingerprint density at radius 1 is 1.65 bits per heavy atom. The maximum Gasteiger partial charge on any atom is 0.112 e. The molecule has 0 aromatic rings. The molecule has 0 aromatic carbocycles. The monoisotopic (exact) mass is 414 g/mol. The molecule has 17 heavy (non-hydrogen) atoms. The van der Waals surface area contributed by atoms with Crippen LogP contribution in [0.4, 0.5) is 0 Å². The van der Waals surface area contributed by atoms with Crippen LogP contribution in [-0.2, 0) is 0 Å². The molecule has 0 aliphatic heterocycles. The van der Waals surface area contributed by atoms with Crippen LogP contribution in [-0.4, -0.2) is 33.1 Å². The van der Waals surface area contributed by atoms with Gasteiger partial charge in [-0.15, -0.1) is 0 Å². The first-order chi connectivity index (χ1) is 7.99. The van der Waals surface area contributed by atoms with Crippen LogP contribution < -0.4 is 11.1 Å². The van der Waals surface area contributed by atoms with E-state index in [-0.39, 0.29) is 3.72 Å². The number of halogens is 2. The van der Waals surface area contributed by atoms with Gasteiger partial charge < -0.3 is 16.2 Å². The Labute approximate surface area is 123 Å². The molecule has 0 fully saturated rings. The first kappa shape index (κ1) is 16.6. The summed E-state index contributed by atoms with van der Waals surface area (Å²) in [5.74, 6) is 0.